The van der Waals surface area contributed by atoms with E-state index in [0.29, 0.717) is 22.8 Å². The fourth-order valence-corrected chi connectivity index (χ4v) is 5.40. The summed E-state index contributed by atoms with van der Waals surface area (Å²) >= 11 is 4.66. The third kappa shape index (κ3) is 3.40. The second-order valence-electron chi connectivity index (χ2n) is 6.01. The van der Waals surface area contributed by atoms with Crippen LogP contribution in [0.1, 0.15) is 16.1 Å². The normalized spacial score (nSPS) is 11.3. The van der Waals surface area contributed by atoms with E-state index < -0.39 is 0 Å². The van der Waals surface area contributed by atoms with Gasteiger partial charge in [-0.1, -0.05) is 29.1 Å². The van der Waals surface area contributed by atoms with Crippen LogP contribution in [0.25, 0.3) is 20.9 Å². The van der Waals surface area contributed by atoms with E-state index in [4.69, 9.17) is 9.51 Å². The molecule has 8 heteroatoms. The van der Waals surface area contributed by atoms with Gasteiger partial charge in [0.15, 0.2) is 10.9 Å². The van der Waals surface area contributed by atoms with E-state index in [9.17, 15) is 4.79 Å². The van der Waals surface area contributed by atoms with E-state index in [1.54, 1.807) is 33.3 Å². The van der Waals surface area contributed by atoms with Gasteiger partial charge in [-0.2, -0.15) is 0 Å². The van der Waals surface area contributed by atoms with E-state index in [0.717, 1.165) is 31.6 Å². The first-order valence-corrected chi connectivity index (χ1v) is 11.0. The second-order valence-corrected chi connectivity index (χ2v) is 9.10. The van der Waals surface area contributed by atoms with Crippen LogP contribution in [0.5, 0.6) is 0 Å². The van der Waals surface area contributed by atoms with Crippen LogP contribution >= 0.6 is 34.4 Å². The van der Waals surface area contributed by atoms with Gasteiger partial charge in [0, 0.05) is 23.2 Å². The van der Waals surface area contributed by atoms with Crippen LogP contribution in [0, 0.1) is 13.8 Å². The molecule has 0 saturated carbocycles. The average Bonchev–Trinajstić information content (AvgIpc) is 3.37. The van der Waals surface area contributed by atoms with Crippen molar-refractivity contribution >= 4 is 44.7 Å². The number of thiophene rings is 2. The van der Waals surface area contributed by atoms with Crippen LogP contribution in [0.3, 0.4) is 0 Å². The molecule has 0 bridgehead atoms. The number of fused-ring (bicyclic) bond motifs is 1. The Bertz CT molecular complexity index is 1170. The predicted octanol–water partition coefficient (Wildman–Crippen LogP) is 5.27. The molecule has 0 spiro atoms. The van der Waals surface area contributed by atoms with Gasteiger partial charge in [0.1, 0.15) is 4.83 Å². The van der Waals surface area contributed by atoms with Crippen molar-refractivity contribution in [3.63, 3.8) is 0 Å². The molecule has 0 amide bonds. The number of allylic oxidation sites excluding steroid dienone is 1. The molecule has 0 aliphatic rings. The van der Waals surface area contributed by atoms with Crippen molar-refractivity contribution in [2.45, 2.75) is 31.3 Å². The first-order chi connectivity index (χ1) is 13.1. The van der Waals surface area contributed by atoms with Gasteiger partial charge in [-0.3, -0.25) is 9.36 Å². The Kier molecular flexibility index (Phi) is 5.03. The second kappa shape index (κ2) is 7.46. The number of aromatic nitrogens is 3. The van der Waals surface area contributed by atoms with Crippen LogP contribution in [-0.4, -0.2) is 14.7 Å². The lowest BCUT2D eigenvalue weighted by Crippen LogP contribution is -2.22. The van der Waals surface area contributed by atoms with Gasteiger partial charge < -0.3 is 4.52 Å². The molecule has 4 rings (SSSR count). The van der Waals surface area contributed by atoms with Crippen molar-refractivity contribution < 1.29 is 4.52 Å². The van der Waals surface area contributed by atoms with Crippen molar-refractivity contribution in [1.29, 1.82) is 0 Å². The maximum absolute atomic E-state index is 13.0. The third-order valence-electron chi connectivity index (χ3n) is 4.24. The largest absolute Gasteiger partial charge is 0.355 e. The lowest BCUT2D eigenvalue weighted by atomic mass is 10.2. The van der Waals surface area contributed by atoms with Gasteiger partial charge in [0.25, 0.3) is 5.56 Å². The Balaban J connectivity index is 1.66. The van der Waals surface area contributed by atoms with Crippen molar-refractivity contribution in [2.75, 3.05) is 0 Å². The van der Waals surface area contributed by atoms with Gasteiger partial charge in [-0.05, 0) is 30.9 Å². The van der Waals surface area contributed by atoms with Crippen LogP contribution < -0.4 is 5.56 Å². The molecule has 4 aromatic heterocycles. The zero-order chi connectivity index (χ0) is 19.0. The maximum Gasteiger partial charge on any atom is 0.263 e. The molecule has 0 aliphatic heterocycles. The Morgan fingerprint density at radius 1 is 1.41 bits per heavy atom. The Hall–Kier alpha value is -2.16. The van der Waals surface area contributed by atoms with E-state index in [-0.39, 0.29) is 5.56 Å². The van der Waals surface area contributed by atoms with Crippen molar-refractivity contribution in [2.24, 2.45) is 0 Å². The smallest absolute Gasteiger partial charge is 0.263 e. The molecule has 0 fully saturated rings. The minimum Gasteiger partial charge on any atom is -0.355 e. The molecular weight excluding hydrogens is 398 g/mol. The first-order valence-electron chi connectivity index (χ1n) is 8.32. The number of rotatable bonds is 6. The Morgan fingerprint density at radius 2 is 2.26 bits per heavy atom. The summed E-state index contributed by atoms with van der Waals surface area (Å²) in [4.78, 5) is 20.7. The quantitative estimate of drug-likeness (QED) is 0.244. The summed E-state index contributed by atoms with van der Waals surface area (Å²) < 4.78 is 7.11. The van der Waals surface area contributed by atoms with Gasteiger partial charge in [0.05, 0.1) is 16.0 Å². The Morgan fingerprint density at radius 3 is 3.00 bits per heavy atom. The van der Waals surface area contributed by atoms with Gasteiger partial charge in [0.2, 0.25) is 0 Å². The van der Waals surface area contributed by atoms with E-state index in [1.807, 2.05) is 37.4 Å². The highest BCUT2D eigenvalue weighted by molar-refractivity contribution is 7.98. The molecule has 27 heavy (non-hydrogen) atoms. The molecule has 0 aromatic carbocycles. The molecule has 0 radical (unpaired) electrons. The summed E-state index contributed by atoms with van der Waals surface area (Å²) in [5.41, 5.74) is 1.82. The van der Waals surface area contributed by atoms with Gasteiger partial charge in [-0.25, -0.2) is 4.98 Å². The molecule has 0 saturated heterocycles. The van der Waals surface area contributed by atoms with Crippen molar-refractivity contribution in [1.82, 2.24) is 14.7 Å². The number of hydrogen-bond acceptors (Lipinski definition) is 7. The van der Waals surface area contributed by atoms with E-state index in [2.05, 4.69) is 11.7 Å². The summed E-state index contributed by atoms with van der Waals surface area (Å²) in [7, 11) is 0. The monoisotopic (exact) mass is 415 g/mol. The fourth-order valence-electron chi connectivity index (χ4n) is 2.76. The van der Waals surface area contributed by atoms with E-state index in [1.165, 1.54) is 11.8 Å². The number of aryl methyl sites for hydroxylation is 2. The molecule has 4 heterocycles. The SMILES string of the molecule is C=CCn1c(SCc2cc(-c3cccs3)on2)nc2sc(C)c(C)c2c1=O. The third-order valence-corrected chi connectivity index (χ3v) is 7.23. The van der Waals surface area contributed by atoms with E-state index >= 15 is 0 Å². The predicted molar refractivity (Wildman–Crippen MR) is 113 cm³/mol. The molecule has 0 N–H and O–H groups in total. The highest BCUT2D eigenvalue weighted by Crippen LogP contribution is 2.30. The minimum absolute atomic E-state index is 0.0105. The maximum atomic E-state index is 13.0. The summed E-state index contributed by atoms with van der Waals surface area (Å²) in [6.45, 7) is 8.20. The minimum atomic E-state index is -0.0105. The summed E-state index contributed by atoms with van der Waals surface area (Å²) in [5, 5.41) is 7.54. The van der Waals surface area contributed by atoms with Gasteiger partial charge >= 0.3 is 0 Å². The van der Waals surface area contributed by atoms with Crippen molar-refractivity contribution in [3.05, 3.63) is 62.7 Å². The first kappa shape index (κ1) is 18.2. The molecule has 5 nitrogen and oxygen atoms in total. The van der Waals surface area contributed by atoms with Crippen molar-refractivity contribution in [3.8, 4) is 10.6 Å². The molecule has 4 aromatic rings. The lowest BCUT2D eigenvalue weighted by molar-refractivity contribution is 0.427. The van der Waals surface area contributed by atoms with Crippen LogP contribution in [0.2, 0.25) is 0 Å². The van der Waals surface area contributed by atoms with Crippen LogP contribution in [-0.2, 0) is 12.3 Å². The summed E-state index contributed by atoms with van der Waals surface area (Å²) in [6, 6.07) is 5.92. The van der Waals surface area contributed by atoms with Crippen LogP contribution in [0.15, 0.2) is 50.7 Å². The highest BCUT2D eigenvalue weighted by atomic mass is 32.2. The van der Waals surface area contributed by atoms with Crippen LogP contribution in [0.4, 0.5) is 0 Å². The Labute approximate surface area is 168 Å². The zero-order valence-corrected chi connectivity index (χ0v) is 17.3. The fraction of sp³-hybridized carbons (Fsp3) is 0.211. The highest BCUT2D eigenvalue weighted by Gasteiger charge is 2.17. The number of hydrogen-bond donors (Lipinski definition) is 0. The zero-order valence-electron chi connectivity index (χ0n) is 14.9. The molecule has 138 valence electrons. The lowest BCUT2D eigenvalue weighted by Gasteiger charge is -2.09. The van der Waals surface area contributed by atoms with Gasteiger partial charge in [-0.15, -0.1) is 29.3 Å². The summed E-state index contributed by atoms with van der Waals surface area (Å²) in [6.07, 6.45) is 1.72. The number of nitrogens with zero attached hydrogens (tertiary/aromatic N) is 3. The summed E-state index contributed by atoms with van der Waals surface area (Å²) in [5.74, 6) is 1.34. The topological polar surface area (TPSA) is 60.9 Å². The molecule has 0 atom stereocenters. The molecule has 0 unspecified atom stereocenters. The standard InChI is InChI=1S/C19H17N3O2S3/c1-4-7-22-18(23)16-11(2)12(3)27-17(16)20-19(22)26-10-13-9-14(24-21-13)15-6-5-8-25-15/h4-6,8-9H,1,7,10H2,2-3H3. The average molecular weight is 416 g/mol. The number of thioether (sulfide) groups is 1. The molecular formula is C19H17N3O2S3. The molecule has 0 aliphatic carbocycles.